The summed E-state index contributed by atoms with van der Waals surface area (Å²) in [5, 5.41) is 16.4. The Labute approximate surface area is 81.8 Å². The van der Waals surface area contributed by atoms with Crippen molar-refractivity contribution in [2.45, 2.75) is 6.92 Å². The van der Waals surface area contributed by atoms with E-state index in [9.17, 15) is 0 Å². The van der Waals surface area contributed by atoms with E-state index in [1.807, 2.05) is 0 Å². The van der Waals surface area contributed by atoms with Gasteiger partial charge in [0.05, 0.1) is 5.71 Å². The zero-order valence-electron chi connectivity index (χ0n) is 7.81. The van der Waals surface area contributed by atoms with E-state index in [0.29, 0.717) is 5.71 Å². The predicted octanol–water partition coefficient (Wildman–Crippen LogP) is 0.390. The molecule has 0 saturated heterocycles. The SMILES string of the molecule is CC(=NN=C(N)N)c1ccc(O)cc1. The highest BCUT2D eigenvalue weighted by Gasteiger charge is 1.96. The van der Waals surface area contributed by atoms with Crippen molar-refractivity contribution in [3.63, 3.8) is 0 Å². The maximum absolute atomic E-state index is 9.05. The molecule has 0 heterocycles. The Hall–Kier alpha value is -2.04. The first-order chi connectivity index (χ1) is 6.59. The van der Waals surface area contributed by atoms with Gasteiger partial charge in [-0.2, -0.15) is 5.10 Å². The van der Waals surface area contributed by atoms with Crippen LogP contribution in [0.4, 0.5) is 0 Å². The molecule has 5 N–H and O–H groups in total. The van der Waals surface area contributed by atoms with Gasteiger partial charge in [0.1, 0.15) is 5.75 Å². The molecule has 0 spiro atoms. The molecule has 0 amide bonds. The second-order valence-electron chi connectivity index (χ2n) is 2.76. The van der Waals surface area contributed by atoms with Crippen molar-refractivity contribution in [1.29, 1.82) is 0 Å². The molecule has 5 nitrogen and oxygen atoms in total. The predicted molar refractivity (Wildman–Crippen MR) is 56.1 cm³/mol. The third-order valence-corrected chi connectivity index (χ3v) is 1.60. The van der Waals surface area contributed by atoms with Gasteiger partial charge in [-0.15, -0.1) is 5.10 Å². The van der Waals surface area contributed by atoms with Gasteiger partial charge in [0, 0.05) is 0 Å². The monoisotopic (exact) mass is 192 g/mol. The second-order valence-corrected chi connectivity index (χ2v) is 2.76. The Morgan fingerprint density at radius 3 is 2.21 bits per heavy atom. The molecule has 74 valence electrons. The van der Waals surface area contributed by atoms with Crippen LogP contribution in [0.15, 0.2) is 34.5 Å². The van der Waals surface area contributed by atoms with Crippen LogP contribution >= 0.6 is 0 Å². The van der Waals surface area contributed by atoms with Crippen LogP contribution in [0.3, 0.4) is 0 Å². The molecule has 0 atom stereocenters. The fourth-order valence-electron chi connectivity index (χ4n) is 0.893. The molecule has 5 heteroatoms. The largest absolute Gasteiger partial charge is 0.508 e. The maximum atomic E-state index is 9.05. The van der Waals surface area contributed by atoms with Gasteiger partial charge in [-0.3, -0.25) is 0 Å². The van der Waals surface area contributed by atoms with Crippen molar-refractivity contribution in [2.24, 2.45) is 21.7 Å². The molecule has 0 aromatic heterocycles. The van der Waals surface area contributed by atoms with Crippen molar-refractivity contribution in [3.05, 3.63) is 29.8 Å². The number of aromatic hydroxyl groups is 1. The Balaban J connectivity index is 2.89. The van der Waals surface area contributed by atoms with Crippen LogP contribution in [0.1, 0.15) is 12.5 Å². The van der Waals surface area contributed by atoms with E-state index < -0.39 is 0 Å². The summed E-state index contributed by atoms with van der Waals surface area (Å²) in [7, 11) is 0. The summed E-state index contributed by atoms with van der Waals surface area (Å²) < 4.78 is 0. The van der Waals surface area contributed by atoms with Crippen molar-refractivity contribution in [2.75, 3.05) is 0 Å². The Morgan fingerprint density at radius 1 is 1.14 bits per heavy atom. The maximum Gasteiger partial charge on any atom is 0.211 e. The number of hydrogen-bond donors (Lipinski definition) is 3. The van der Waals surface area contributed by atoms with E-state index in [4.69, 9.17) is 16.6 Å². The first-order valence-corrected chi connectivity index (χ1v) is 4.02. The van der Waals surface area contributed by atoms with Gasteiger partial charge in [0.15, 0.2) is 0 Å². The number of benzene rings is 1. The molecular weight excluding hydrogens is 180 g/mol. The molecule has 0 unspecified atom stereocenters. The fraction of sp³-hybridized carbons (Fsp3) is 0.111. The van der Waals surface area contributed by atoms with Crippen molar-refractivity contribution in [3.8, 4) is 5.75 Å². The highest BCUT2D eigenvalue weighted by atomic mass is 16.3. The zero-order chi connectivity index (χ0) is 10.6. The summed E-state index contributed by atoms with van der Waals surface area (Å²) in [4.78, 5) is 0. The Kier molecular flexibility index (Phi) is 3.06. The average molecular weight is 192 g/mol. The van der Waals surface area contributed by atoms with Gasteiger partial charge >= 0.3 is 0 Å². The molecule has 0 aliphatic rings. The first kappa shape index (κ1) is 10.0. The van der Waals surface area contributed by atoms with Gasteiger partial charge in [-0.05, 0) is 36.8 Å². The minimum atomic E-state index is -0.0804. The van der Waals surface area contributed by atoms with Crippen LogP contribution < -0.4 is 11.5 Å². The number of phenols is 1. The van der Waals surface area contributed by atoms with Gasteiger partial charge < -0.3 is 16.6 Å². The summed E-state index contributed by atoms with van der Waals surface area (Å²) in [6.07, 6.45) is 0. The number of phenolic OH excluding ortho intramolecular Hbond substituents is 1. The van der Waals surface area contributed by atoms with Gasteiger partial charge in [0.25, 0.3) is 0 Å². The summed E-state index contributed by atoms with van der Waals surface area (Å²) in [6.45, 7) is 1.78. The topological polar surface area (TPSA) is 97.0 Å². The van der Waals surface area contributed by atoms with Crippen LogP contribution in [0.2, 0.25) is 0 Å². The van der Waals surface area contributed by atoms with Gasteiger partial charge in [0.2, 0.25) is 5.96 Å². The minimum Gasteiger partial charge on any atom is -0.508 e. The van der Waals surface area contributed by atoms with E-state index in [-0.39, 0.29) is 11.7 Å². The normalized spacial score (nSPS) is 11.1. The first-order valence-electron chi connectivity index (χ1n) is 4.02. The van der Waals surface area contributed by atoms with Gasteiger partial charge in [-0.25, -0.2) is 0 Å². The molecule has 0 fully saturated rings. The quantitative estimate of drug-likeness (QED) is 0.359. The van der Waals surface area contributed by atoms with Crippen LogP contribution in [-0.2, 0) is 0 Å². The van der Waals surface area contributed by atoms with Gasteiger partial charge in [-0.1, -0.05) is 0 Å². The summed E-state index contributed by atoms with van der Waals surface area (Å²) in [5.41, 5.74) is 11.8. The van der Waals surface area contributed by atoms with E-state index in [1.165, 1.54) is 0 Å². The van der Waals surface area contributed by atoms with Crippen LogP contribution in [0.5, 0.6) is 5.75 Å². The fourth-order valence-corrected chi connectivity index (χ4v) is 0.893. The molecule has 1 rings (SSSR count). The van der Waals surface area contributed by atoms with E-state index >= 15 is 0 Å². The molecule has 14 heavy (non-hydrogen) atoms. The number of hydrogen-bond acceptors (Lipinski definition) is 3. The lowest BCUT2D eigenvalue weighted by Crippen LogP contribution is -2.22. The smallest absolute Gasteiger partial charge is 0.211 e. The highest BCUT2D eigenvalue weighted by Crippen LogP contribution is 2.10. The molecule has 0 radical (unpaired) electrons. The summed E-state index contributed by atoms with van der Waals surface area (Å²) in [5.74, 6) is 0.131. The number of rotatable bonds is 2. The third-order valence-electron chi connectivity index (χ3n) is 1.60. The lowest BCUT2D eigenvalue weighted by molar-refractivity contribution is 0.475. The second kappa shape index (κ2) is 4.27. The summed E-state index contributed by atoms with van der Waals surface area (Å²) in [6, 6.07) is 6.61. The summed E-state index contributed by atoms with van der Waals surface area (Å²) >= 11 is 0. The molecule has 0 bridgehead atoms. The average Bonchev–Trinajstić information content (AvgIpc) is 2.15. The zero-order valence-corrected chi connectivity index (χ0v) is 7.81. The van der Waals surface area contributed by atoms with Crippen LogP contribution in [0, 0.1) is 0 Å². The molecule has 0 aliphatic heterocycles. The lowest BCUT2D eigenvalue weighted by Gasteiger charge is -1.98. The van der Waals surface area contributed by atoms with E-state index in [2.05, 4.69) is 10.2 Å². The standard InChI is InChI=1S/C9H12N4O/c1-6(12-13-9(10)11)7-2-4-8(14)5-3-7/h2-5,14H,1H3,(H4,10,11,13). The molecule has 1 aromatic carbocycles. The lowest BCUT2D eigenvalue weighted by atomic mass is 10.1. The van der Waals surface area contributed by atoms with Crippen molar-refractivity contribution in [1.82, 2.24) is 0 Å². The third kappa shape index (κ3) is 2.78. The molecular formula is C9H12N4O. The van der Waals surface area contributed by atoms with Crippen LogP contribution in [0.25, 0.3) is 0 Å². The van der Waals surface area contributed by atoms with Crippen molar-refractivity contribution < 1.29 is 5.11 Å². The van der Waals surface area contributed by atoms with Crippen LogP contribution in [-0.4, -0.2) is 16.8 Å². The Bertz CT molecular complexity index is 363. The highest BCUT2D eigenvalue weighted by molar-refractivity contribution is 5.99. The van der Waals surface area contributed by atoms with E-state index in [1.54, 1.807) is 31.2 Å². The Morgan fingerprint density at radius 2 is 1.71 bits per heavy atom. The van der Waals surface area contributed by atoms with Crippen molar-refractivity contribution >= 4 is 11.7 Å². The number of nitrogens with zero attached hydrogens (tertiary/aromatic N) is 2. The number of nitrogens with two attached hydrogens (primary N) is 2. The minimum absolute atomic E-state index is 0.0804. The van der Waals surface area contributed by atoms with E-state index in [0.717, 1.165) is 5.56 Å². The molecule has 0 aliphatic carbocycles. The molecule has 0 saturated carbocycles. The molecule has 1 aromatic rings. The number of guanidine groups is 1.